The van der Waals surface area contributed by atoms with E-state index in [9.17, 15) is 4.79 Å². The second-order valence-electron chi connectivity index (χ2n) is 4.97. The van der Waals surface area contributed by atoms with Crippen molar-refractivity contribution >= 4 is 28.2 Å². The number of hydrogen-bond acceptors (Lipinski definition) is 8. The van der Waals surface area contributed by atoms with E-state index in [0.29, 0.717) is 23.2 Å². The van der Waals surface area contributed by atoms with Crippen LogP contribution in [-0.4, -0.2) is 48.7 Å². The molecular weight excluding hydrogens is 314 g/mol. The SMILES string of the molecule is COc1ccc(C(=O)CN(C2=NCCN2)c2nnc(C)s2)cc1. The standard InChI is InChI=1S/C15H17N5O2S/c1-10-18-19-15(23-10)20(14-16-7-8-17-14)9-13(21)11-3-5-12(22-2)6-4-11/h3-6H,7-9H2,1-2H3,(H,16,17). The summed E-state index contributed by atoms with van der Waals surface area (Å²) >= 11 is 1.44. The third-order valence-electron chi connectivity index (χ3n) is 3.37. The van der Waals surface area contributed by atoms with Gasteiger partial charge in [0.05, 0.1) is 20.2 Å². The van der Waals surface area contributed by atoms with Crippen molar-refractivity contribution in [3.8, 4) is 5.75 Å². The van der Waals surface area contributed by atoms with E-state index in [2.05, 4.69) is 20.5 Å². The lowest BCUT2D eigenvalue weighted by molar-refractivity contribution is 0.100. The molecule has 0 unspecified atom stereocenters. The number of guanidine groups is 1. The van der Waals surface area contributed by atoms with Gasteiger partial charge in [-0.3, -0.25) is 14.7 Å². The first-order valence-electron chi connectivity index (χ1n) is 7.20. The van der Waals surface area contributed by atoms with Gasteiger partial charge in [-0.2, -0.15) is 0 Å². The predicted molar refractivity (Wildman–Crippen MR) is 89.6 cm³/mol. The fourth-order valence-corrected chi connectivity index (χ4v) is 2.90. The Hall–Kier alpha value is -2.48. The van der Waals surface area contributed by atoms with Crippen molar-refractivity contribution in [2.45, 2.75) is 6.92 Å². The van der Waals surface area contributed by atoms with Crippen LogP contribution in [0.15, 0.2) is 29.3 Å². The highest BCUT2D eigenvalue weighted by Gasteiger charge is 2.23. The number of ether oxygens (including phenoxy) is 1. The monoisotopic (exact) mass is 331 g/mol. The summed E-state index contributed by atoms with van der Waals surface area (Å²) in [5.74, 6) is 1.37. The van der Waals surface area contributed by atoms with Gasteiger partial charge < -0.3 is 10.1 Å². The second kappa shape index (κ2) is 6.74. The molecule has 1 aliphatic heterocycles. The van der Waals surface area contributed by atoms with Gasteiger partial charge in [0.1, 0.15) is 10.8 Å². The number of aromatic nitrogens is 2. The normalized spacial score (nSPS) is 13.4. The van der Waals surface area contributed by atoms with E-state index in [0.717, 1.165) is 17.3 Å². The molecule has 0 saturated carbocycles. The van der Waals surface area contributed by atoms with E-state index in [1.807, 2.05) is 6.92 Å². The smallest absolute Gasteiger partial charge is 0.215 e. The lowest BCUT2D eigenvalue weighted by Crippen LogP contribution is -2.42. The van der Waals surface area contributed by atoms with Crippen LogP contribution in [0.25, 0.3) is 0 Å². The van der Waals surface area contributed by atoms with Gasteiger partial charge in [0.2, 0.25) is 11.1 Å². The average molecular weight is 331 g/mol. The van der Waals surface area contributed by atoms with E-state index in [1.165, 1.54) is 11.3 Å². The maximum Gasteiger partial charge on any atom is 0.215 e. The van der Waals surface area contributed by atoms with Crippen LogP contribution < -0.4 is 15.0 Å². The predicted octanol–water partition coefficient (Wildman–Crippen LogP) is 1.50. The highest BCUT2D eigenvalue weighted by Crippen LogP contribution is 2.21. The number of ketones is 1. The van der Waals surface area contributed by atoms with Gasteiger partial charge in [-0.15, -0.1) is 10.2 Å². The van der Waals surface area contributed by atoms with Crippen molar-refractivity contribution < 1.29 is 9.53 Å². The number of rotatable bonds is 5. The molecule has 1 N–H and O–H groups in total. The van der Waals surface area contributed by atoms with Crippen LogP contribution in [-0.2, 0) is 0 Å². The Labute approximate surface area is 138 Å². The number of carbonyl (C=O) groups is 1. The minimum absolute atomic E-state index is 0.0168. The maximum atomic E-state index is 12.6. The van der Waals surface area contributed by atoms with Gasteiger partial charge in [-0.25, -0.2) is 0 Å². The minimum Gasteiger partial charge on any atom is -0.497 e. The molecule has 0 aliphatic carbocycles. The number of methoxy groups -OCH3 is 1. The van der Waals surface area contributed by atoms with Gasteiger partial charge in [0.15, 0.2) is 5.78 Å². The van der Waals surface area contributed by atoms with E-state index in [-0.39, 0.29) is 12.3 Å². The van der Waals surface area contributed by atoms with E-state index < -0.39 is 0 Å². The van der Waals surface area contributed by atoms with Crippen molar-refractivity contribution in [2.75, 3.05) is 31.6 Å². The van der Waals surface area contributed by atoms with Crippen molar-refractivity contribution in [1.29, 1.82) is 0 Å². The van der Waals surface area contributed by atoms with E-state index in [1.54, 1.807) is 36.3 Å². The van der Waals surface area contributed by atoms with Crippen LogP contribution in [0, 0.1) is 6.92 Å². The fraction of sp³-hybridized carbons (Fsp3) is 0.333. The number of nitrogens with one attached hydrogen (secondary N) is 1. The summed E-state index contributed by atoms with van der Waals surface area (Å²) < 4.78 is 5.12. The molecule has 3 rings (SSSR count). The van der Waals surface area contributed by atoms with Crippen LogP contribution in [0.3, 0.4) is 0 Å². The summed E-state index contributed by atoms with van der Waals surface area (Å²) in [6.45, 7) is 3.50. The Morgan fingerprint density at radius 2 is 2.13 bits per heavy atom. The lowest BCUT2D eigenvalue weighted by Gasteiger charge is -2.20. The highest BCUT2D eigenvalue weighted by molar-refractivity contribution is 7.15. The summed E-state index contributed by atoms with van der Waals surface area (Å²) in [5.41, 5.74) is 0.621. The lowest BCUT2D eigenvalue weighted by atomic mass is 10.1. The average Bonchev–Trinajstić information content (AvgIpc) is 3.24. The molecule has 0 amide bonds. The molecule has 7 nitrogen and oxygen atoms in total. The molecule has 1 aromatic heterocycles. The molecule has 0 spiro atoms. The molecule has 1 aliphatic rings. The van der Waals surface area contributed by atoms with Crippen molar-refractivity contribution in [1.82, 2.24) is 15.5 Å². The summed E-state index contributed by atoms with van der Waals surface area (Å²) in [7, 11) is 1.60. The fourth-order valence-electron chi connectivity index (χ4n) is 2.21. The number of anilines is 1. The van der Waals surface area contributed by atoms with E-state index in [4.69, 9.17) is 4.74 Å². The number of nitrogens with zero attached hydrogens (tertiary/aromatic N) is 4. The molecule has 0 bridgehead atoms. The van der Waals surface area contributed by atoms with Crippen molar-refractivity contribution in [3.63, 3.8) is 0 Å². The largest absolute Gasteiger partial charge is 0.497 e. The Kier molecular flexibility index (Phi) is 4.52. The van der Waals surface area contributed by atoms with Crippen LogP contribution in [0.5, 0.6) is 5.75 Å². The van der Waals surface area contributed by atoms with Crippen LogP contribution >= 0.6 is 11.3 Å². The van der Waals surface area contributed by atoms with Gasteiger partial charge in [0, 0.05) is 12.1 Å². The van der Waals surface area contributed by atoms with Gasteiger partial charge in [-0.1, -0.05) is 11.3 Å². The number of benzene rings is 1. The molecule has 0 atom stereocenters. The number of aliphatic imine (C=N–C) groups is 1. The second-order valence-corrected chi connectivity index (χ2v) is 6.13. The highest BCUT2D eigenvalue weighted by atomic mass is 32.1. The summed E-state index contributed by atoms with van der Waals surface area (Å²) in [6, 6.07) is 7.07. The first kappa shape index (κ1) is 15.4. The molecule has 23 heavy (non-hydrogen) atoms. The van der Waals surface area contributed by atoms with Crippen molar-refractivity contribution in [2.24, 2.45) is 4.99 Å². The molecular formula is C15H17N5O2S. The summed E-state index contributed by atoms with van der Waals surface area (Å²) in [5, 5.41) is 12.9. The zero-order valence-electron chi connectivity index (χ0n) is 12.9. The zero-order chi connectivity index (χ0) is 16.2. The minimum atomic E-state index is -0.0168. The van der Waals surface area contributed by atoms with Gasteiger partial charge in [0.25, 0.3) is 0 Å². The summed E-state index contributed by atoms with van der Waals surface area (Å²) in [4.78, 5) is 18.8. The Morgan fingerprint density at radius 3 is 2.70 bits per heavy atom. The molecule has 0 saturated heterocycles. The number of Topliss-reactive ketones (excluding diaryl/α,β-unsaturated/α-hetero) is 1. The Bertz CT molecular complexity index is 726. The molecule has 2 heterocycles. The number of carbonyl (C=O) groups excluding carboxylic acids is 1. The van der Waals surface area contributed by atoms with Crippen LogP contribution in [0.2, 0.25) is 0 Å². The topological polar surface area (TPSA) is 79.7 Å². The molecule has 2 aromatic rings. The first-order valence-corrected chi connectivity index (χ1v) is 8.02. The number of aryl methyl sites for hydroxylation is 1. The van der Waals surface area contributed by atoms with Gasteiger partial charge in [-0.05, 0) is 31.2 Å². The third-order valence-corrected chi connectivity index (χ3v) is 4.23. The molecule has 1 aromatic carbocycles. The zero-order valence-corrected chi connectivity index (χ0v) is 13.8. The first-order chi connectivity index (χ1) is 11.2. The Morgan fingerprint density at radius 1 is 1.35 bits per heavy atom. The number of hydrogen-bond donors (Lipinski definition) is 1. The molecule has 8 heteroatoms. The maximum absolute atomic E-state index is 12.6. The molecule has 120 valence electrons. The van der Waals surface area contributed by atoms with Crippen molar-refractivity contribution in [3.05, 3.63) is 34.8 Å². The van der Waals surface area contributed by atoms with Gasteiger partial charge >= 0.3 is 0 Å². The molecule has 0 fully saturated rings. The van der Waals surface area contributed by atoms with E-state index >= 15 is 0 Å². The third kappa shape index (κ3) is 3.48. The summed E-state index contributed by atoms with van der Waals surface area (Å²) in [6.07, 6.45) is 0. The van der Waals surface area contributed by atoms with Crippen LogP contribution in [0.1, 0.15) is 15.4 Å². The molecule has 0 radical (unpaired) electrons. The van der Waals surface area contributed by atoms with Crippen LogP contribution in [0.4, 0.5) is 5.13 Å². The Balaban J connectivity index is 1.81. The quantitative estimate of drug-likeness (QED) is 0.837.